The van der Waals surface area contributed by atoms with Gasteiger partial charge in [-0.3, -0.25) is 9.59 Å². The number of alkyl halides is 2. The van der Waals surface area contributed by atoms with Gasteiger partial charge < -0.3 is 20.5 Å². The van der Waals surface area contributed by atoms with E-state index in [4.69, 9.17) is 9.84 Å². The molecule has 2 aliphatic rings. The van der Waals surface area contributed by atoms with Gasteiger partial charge in [0.2, 0.25) is 12.3 Å². The normalized spacial score (nSPS) is 19.9. The van der Waals surface area contributed by atoms with Crippen LogP contribution in [0.25, 0.3) is 11.1 Å². The zero-order valence-corrected chi connectivity index (χ0v) is 18.4. The van der Waals surface area contributed by atoms with E-state index in [1.54, 1.807) is 0 Å². The quantitative estimate of drug-likeness (QED) is 0.540. The number of fused-ring (bicyclic) bond motifs is 3. The van der Waals surface area contributed by atoms with Crippen LogP contribution in [0.2, 0.25) is 0 Å². The van der Waals surface area contributed by atoms with Gasteiger partial charge in [0.05, 0.1) is 5.92 Å². The van der Waals surface area contributed by atoms with E-state index in [0.29, 0.717) is 12.8 Å². The molecule has 0 radical (unpaired) electrons. The number of halogens is 2. The van der Waals surface area contributed by atoms with Gasteiger partial charge in [0, 0.05) is 18.4 Å². The second-order valence-electron chi connectivity index (χ2n) is 8.70. The van der Waals surface area contributed by atoms with E-state index in [-0.39, 0.29) is 18.9 Å². The molecule has 0 spiro atoms. The van der Waals surface area contributed by atoms with Gasteiger partial charge in [0.1, 0.15) is 12.6 Å². The summed E-state index contributed by atoms with van der Waals surface area (Å²) in [6.07, 6.45) is -3.58. The summed E-state index contributed by atoms with van der Waals surface area (Å²) in [5.74, 6) is -2.50. The Labute approximate surface area is 195 Å². The molecular weight excluding hydrogens is 446 g/mol. The topological polar surface area (TPSA) is 105 Å². The van der Waals surface area contributed by atoms with E-state index in [1.807, 2.05) is 48.5 Å². The Morgan fingerprint density at radius 2 is 1.62 bits per heavy atom. The molecule has 0 aliphatic heterocycles. The minimum Gasteiger partial charge on any atom is -0.481 e. The van der Waals surface area contributed by atoms with Crippen LogP contribution in [0.3, 0.4) is 0 Å². The second-order valence-corrected chi connectivity index (χ2v) is 8.70. The summed E-state index contributed by atoms with van der Waals surface area (Å²) in [5, 5.41) is 13.9. The first kappa shape index (κ1) is 23.7. The number of carboxylic acid groups (broad SMARTS) is 1. The Bertz CT molecular complexity index is 1030. The lowest BCUT2D eigenvalue weighted by Gasteiger charge is -2.21. The van der Waals surface area contributed by atoms with Crippen molar-refractivity contribution in [2.45, 2.75) is 50.1 Å². The molecule has 3 N–H and O–H groups in total. The van der Waals surface area contributed by atoms with Crippen molar-refractivity contribution in [2.24, 2.45) is 5.92 Å². The van der Waals surface area contributed by atoms with E-state index in [0.717, 1.165) is 22.3 Å². The Morgan fingerprint density at radius 3 is 2.18 bits per heavy atom. The molecule has 2 aromatic rings. The molecule has 9 heteroatoms. The number of hydrogen-bond donors (Lipinski definition) is 3. The highest BCUT2D eigenvalue weighted by Crippen LogP contribution is 2.44. The summed E-state index contributed by atoms with van der Waals surface area (Å²) in [5.41, 5.74) is 4.12. The average Bonchev–Trinajstić information content (AvgIpc) is 3.40. The number of hydrogen-bond acceptors (Lipinski definition) is 4. The predicted octanol–water partition coefficient (Wildman–Crippen LogP) is 3.92. The first-order valence-electron chi connectivity index (χ1n) is 11.3. The predicted molar refractivity (Wildman–Crippen MR) is 120 cm³/mol. The third-order valence-electron chi connectivity index (χ3n) is 6.49. The van der Waals surface area contributed by atoms with E-state index in [1.165, 1.54) is 0 Å². The van der Waals surface area contributed by atoms with Crippen LogP contribution < -0.4 is 10.6 Å². The molecule has 2 aliphatic carbocycles. The maximum atomic E-state index is 13.1. The number of carboxylic acids is 1. The second kappa shape index (κ2) is 10.2. The largest absolute Gasteiger partial charge is 0.481 e. The number of benzene rings is 2. The van der Waals surface area contributed by atoms with Gasteiger partial charge in [0.25, 0.3) is 0 Å². The molecule has 0 bridgehead atoms. The van der Waals surface area contributed by atoms with Gasteiger partial charge in [-0.15, -0.1) is 0 Å². The molecule has 3 atom stereocenters. The van der Waals surface area contributed by atoms with Crippen molar-refractivity contribution in [2.75, 3.05) is 6.61 Å². The Hall–Kier alpha value is -3.49. The van der Waals surface area contributed by atoms with Crippen LogP contribution in [0.5, 0.6) is 0 Å². The van der Waals surface area contributed by atoms with Crippen molar-refractivity contribution in [3.63, 3.8) is 0 Å². The number of amides is 2. The summed E-state index contributed by atoms with van der Waals surface area (Å²) in [6, 6.07) is 13.7. The fourth-order valence-electron chi connectivity index (χ4n) is 4.83. The molecule has 0 saturated heterocycles. The number of aliphatic carboxylic acids is 1. The lowest BCUT2D eigenvalue weighted by molar-refractivity contribution is -0.141. The molecule has 1 unspecified atom stereocenters. The molecule has 0 aromatic heterocycles. The van der Waals surface area contributed by atoms with E-state index in [2.05, 4.69) is 10.6 Å². The molecular formula is C25H26F2N2O5. The fraction of sp³-hybridized carbons (Fsp3) is 0.400. The maximum Gasteiger partial charge on any atom is 0.407 e. The average molecular weight is 472 g/mol. The van der Waals surface area contributed by atoms with E-state index in [9.17, 15) is 23.2 Å². The van der Waals surface area contributed by atoms with Crippen molar-refractivity contribution in [1.29, 1.82) is 0 Å². The van der Waals surface area contributed by atoms with Crippen LogP contribution in [0, 0.1) is 5.92 Å². The van der Waals surface area contributed by atoms with Gasteiger partial charge in [-0.1, -0.05) is 48.5 Å². The monoisotopic (exact) mass is 472 g/mol. The van der Waals surface area contributed by atoms with Crippen molar-refractivity contribution >= 4 is 18.0 Å². The van der Waals surface area contributed by atoms with Crippen LogP contribution in [-0.2, 0) is 14.3 Å². The van der Waals surface area contributed by atoms with Gasteiger partial charge >= 0.3 is 12.1 Å². The van der Waals surface area contributed by atoms with Crippen molar-refractivity contribution in [3.8, 4) is 11.1 Å². The lowest BCUT2D eigenvalue weighted by atomic mass is 9.98. The highest BCUT2D eigenvalue weighted by Gasteiger charge is 2.34. The van der Waals surface area contributed by atoms with Crippen molar-refractivity contribution < 1.29 is 33.0 Å². The van der Waals surface area contributed by atoms with Gasteiger partial charge in [-0.2, -0.15) is 0 Å². The number of nitrogens with one attached hydrogen (secondary N) is 2. The molecule has 2 amide bonds. The SMILES string of the molecule is O=C(NC(CC(F)F)C(=O)N[C@H]1CC[C@@H](C(=O)O)C1)OCC1c2ccccc2-c2ccccc21. The summed E-state index contributed by atoms with van der Waals surface area (Å²) in [7, 11) is 0. The third-order valence-corrected chi connectivity index (χ3v) is 6.49. The molecule has 180 valence electrons. The van der Waals surface area contributed by atoms with Crippen LogP contribution >= 0.6 is 0 Å². The first-order chi connectivity index (χ1) is 16.3. The number of ether oxygens (including phenoxy) is 1. The van der Waals surface area contributed by atoms with Crippen LogP contribution in [0.1, 0.15) is 42.7 Å². The van der Waals surface area contributed by atoms with E-state index >= 15 is 0 Å². The molecule has 34 heavy (non-hydrogen) atoms. The molecule has 1 saturated carbocycles. The van der Waals surface area contributed by atoms with Crippen LogP contribution in [-0.4, -0.2) is 48.2 Å². The lowest BCUT2D eigenvalue weighted by Crippen LogP contribution is -2.50. The van der Waals surface area contributed by atoms with Gasteiger partial charge in [0.15, 0.2) is 0 Å². The molecule has 0 heterocycles. The summed E-state index contributed by atoms with van der Waals surface area (Å²) >= 11 is 0. The third kappa shape index (κ3) is 5.18. The summed E-state index contributed by atoms with van der Waals surface area (Å²) in [4.78, 5) is 36.1. The van der Waals surface area contributed by atoms with Crippen LogP contribution in [0.4, 0.5) is 13.6 Å². The zero-order valence-electron chi connectivity index (χ0n) is 18.4. The fourth-order valence-corrected chi connectivity index (χ4v) is 4.83. The minimum absolute atomic E-state index is 0.00814. The molecule has 4 rings (SSSR count). The van der Waals surface area contributed by atoms with Gasteiger partial charge in [-0.05, 0) is 41.5 Å². The number of rotatable bonds is 8. The number of carbonyl (C=O) groups excluding carboxylic acids is 2. The molecule has 1 fully saturated rings. The smallest absolute Gasteiger partial charge is 0.407 e. The minimum atomic E-state index is -2.82. The highest BCUT2D eigenvalue weighted by atomic mass is 19.3. The molecule has 2 aromatic carbocycles. The summed E-state index contributed by atoms with van der Waals surface area (Å²) < 4.78 is 31.5. The number of alkyl carbamates (subject to hydrolysis) is 1. The standard InChI is InChI=1S/C25H26F2N2O5/c26-22(27)12-21(23(30)28-15-10-9-14(11-15)24(31)32)29-25(33)34-13-20-18-7-3-1-5-16(18)17-6-2-4-8-19(17)20/h1-8,14-15,20-22H,9-13H2,(H,28,30)(H,29,33)(H,31,32)/t14-,15+,21?/m1/s1. The number of carbonyl (C=O) groups is 3. The van der Waals surface area contributed by atoms with Crippen LogP contribution in [0.15, 0.2) is 48.5 Å². The Balaban J connectivity index is 1.37. The molecule has 7 nitrogen and oxygen atoms in total. The van der Waals surface area contributed by atoms with Crippen molar-refractivity contribution in [1.82, 2.24) is 10.6 Å². The zero-order chi connectivity index (χ0) is 24.2. The van der Waals surface area contributed by atoms with Crippen molar-refractivity contribution in [3.05, 3.63) is 59.7 Å². The Morgan fingerprint density at radius 1 is 1.00 bits per heavy atom. The Kier molecular flexibility index (Phi) is 7.09. The maximum absolute atomic E-state index is 13.1. The van der Waals surface area contributed by atoms with Gasteiger partial charge in [-0.25, -0.2) is 13.6 Å². The highest BCUT2D eigenvalue weighted by molar-refractivity contribution is 5.86. The first-order valence-corrected chi connectivity index (χ1v) is 11.3. The summed E-state index contributed by atoms with van der Waals surface area (Å²) in [6.45, 7) is -0.00814. The van der Waals surface area contributed by atoms with E-state index < -0.39 is 48.8 Å².